The standard InChI is InChI=1S/C15H20N2O3/c1-2-9-16-15(20)12-5-3-11(4-6-12)10-17-13(18)7-8-14(17)19/h1,7-8,11-13,18H,3-6,9-10H2,(H,16,20). The summed E-state index contributed by atoms with van der Waals surface area (Å²) in [4.78, 5) is 24.8. The molecule has 0 bridgehead atoms. The molecular weight excluding hydrogens is 256 g/mol. The Hall–Kier alpha value is -1.80. The molecule has 1 aliphatic carbocycles. The lowest BCUT2D eigenvalue weighted by Crippen LogP contribution is -2.40. The van der Waals surface area contributed by atoms with Crippen molar-refractivity contribution in [1.29, 1.82) is 0 Å². The van der Waals surface area contributed by atoms with E-state index in [0.717, 1.165) is 25.7 Å². The number of hydrogen-bond acceptors (Lipinski definition) is 3. The first-order valence-electron chi connectivity index (χ1n) is 7.00. The lowest BCUT2D eigenvalue weighted by Gasteiger charge is -2.31. The van der Waals surface area contributed by atoms with Crippen LogP contribution in [0.1, 0.15) is 25.7 Å². The number of aliphatic hydroxyl groups is 1. The van der Waals surface area contributed by atoms with E-state index in [0.29, 0.717) is 12.5 Å². The van der Waals surface area contributed by atoms with Gasteiger partial charge in [0, 0.05) is 18.5 Å². The Kier molecular flexibility index (Phi) is 4.80. The van der Waals surface area contributed by atoms with Crippen molar-refractivity contribution >= 4 is 11.8 Å². The molecule has 2 rings (SSSR count). The SMILES string of the molecule is C#CCNC(=O)C1CCC(CN2C(=O)C=CC2O)CC1. The predicted molar refractivity (Wildman–Crippen MR) is 74.2 cm³/mol. The molecule has 5 nitrogen and oxygen atoms in total. The van der Waals surface area contributed by atoms with Gasteiger partial charge in [-0.2, -0.15) is 0 Å². The second-order valence-corrected chi connectivity index (χ2v) is 5.40. The monoisotopic (exact) mass is 276 g/mol. The largest absolute Gasteiger partial charge is 0.370 e. The summed E-state index contributed by atoms with van der Waals surface area (Å²) in [6, 6.07) is 0. The lowest BCUT2D eigenvalue weighted by molar-refractivity contribution is -0.132. The third kappa shape index (κ3) is 3.40. The van der Waals surface area contributed by atoms with Crippen LogP contribution >= 0.6 is 0 Å². The third-order valence-corrected chi connectivity index (χ3v) is 4.05. The normalized spacial score (nSPS) is 29.3. The molecule has 0 aromatic rings. The fourth-order valence-electron chi connectivity index (χ4n) is 2.86. The fraction of sp³-hybridized carbons (Fsp3) is 0.600. The van der Waals surface area contributed by atoms with E-state index >= 15 is 0 Å². The van der Waals surface area contributed by atoms with Crippen LogP contribution in [-0.4, -0.2) is 41.1 Å². The second-order valence-electron chi connectivity index (χ2n) is 5.40. The summed E-state index contributed by atoms with van der Waals surface area (Å²) in [6.45, 7) is 0.838. The van der Waals surface area contributed by atoms with Crippen LogP contribution in [0.2, 0.25) is 0 Å². The summed E-state index contributed by atoms with van der Waals surface area (Å²) < 4.78 is 0. The van der Waals surface area contributed by atoms with Crippen molar-refractivity contribution in [3.05, 3.63) is 12.2 Å². The molecule has 108 valence electrons. The van der Waals surface area contributed by atoms with Crippen molar-refractivity contribution in [2.75, 3.05) is 13.1 Å². The smallest absolute Gasteiger partial charge is 0.248 e. The number of rotatable bonds is 4. The zero-order valence-electron chi connectivity index (χ0n) is 11.4. The van der Waals surface area contributed by atoms with E-state index in [9.17, 15) is 14.7 Å². The van der Waals surface area contributed by atoms with Gasteiger partial charge in [0.25, 0.3) is 0 Å². The molecule has 0 aromatic carbocycles. The number of amides is 2. The molecule has 0 saturated heterocycles. The number of nitrogens with one attached hydrogen (secondary N) is 1. The number of carbonyl (C=O) groups is 2. The number of nitrogens with zero attached hydrogens (tertiary/aromatic N) is 1. The van der Waals surface area contributed by atoms with Gasteiger partial charge < -0.3 is 15.3 Å². The maximum absolute atomic E-state index is 11.8. The zero-order chi connectivity index (χ0) is 14.5. The summed E-state index contributed by atoms with van der Waals surface area (Å²) in [5.74, 6) is 2.67. The van der Waals surface area contributed by atoms with Gasteiger partial charge in [-0.15, -0.1) is 6.42 Å². The molecule has 1 fully saturated rings. The first-order valence-corrected chi connectivity index (χ1v) is 7.00. The molecule has 1 aliphatic heterocycles. The van der Waals surface area contributed by atoms with Gasteiger partial charge >= 0.3 is 0 Å². The molecule has 1 unspecified atom stereocenters. The molecule has 0 aromatic heterocycles. The third-order valence-electron chi connectivity index (χ3n) is 4.05. The molecular formula is C15H20N2O3. The van der Waals surface area contributed by atoms with E-state index in [2.05, 4.69) is 11.2 Å². The first kappa shape index (κ1) is 14.6. The van der Waals surface area contributed by atoms with Crippen LogP contribution in [0.25, 0.3) is 0 Å². The summed E-state index contributed by atoms with van der Waals surface area (Å²) in [5, 5.41) is 12.4. The van der Waals surface area contributed by atoms with E-state index in [1.165, 1.54) is 17.1 Å². The second kappa shape index (κ2) is 6.58. The number of terminal acetylenes is 1. The Morgan fingerprint density at radius 3 is 2.70 bits per heavy atom. The van der Waals surface area contributed by atoms with Crippen molar-refractivity contribution < 1.29 is 14.7 Å². The van der Waals surface area contributed by atoms with E-state index in [-0.39, 0.29) is 24.3 Å². The summed E-state index contributed by atoms with van der Waals surface area (Å²) in [7, 11) is 0. The Balaban J connectivity index is 1.76. The highest BCUT2D eigenvalue weighted by Crippen LogP contribution is 2.30. The van der Waals surface area contributed by atoms with Crippen molar-refractivity contribution in [3.63, 3.8) is 0 Å². The minimum atomic E-state index is -0.792. The van der Waals surface area contributed by atoms with E-state index < -0.39 is 6.23 Å². The fourth-order valence-corrected chi connectivity index (χ4v) is 2.86. The highest BCUT2D eigenvalue weighted by Gasteiger charge is 2.30. The quantitative estimate of drug-likeness (QED) is 0.724. The lowest BCUT2D eigenvalue weighted by atomic mass is 9.81. The van der Waals surface area contributed by atoms with E-state index in [1.807, 2.05) is 0 Å². The summed E-state index contributed by atoms with van der Waals surface area (Å²) in [5.41, 5.74) is 0. The highest BCUT2D eigenvalue weighted by molar-refractivity contribution is 5.90. The van der Waals surface area contributed by atoms with Crippen LogP contribution < -0.4 is 5.32 Å². The van der Waals surface area contributed by atoms with Gasteiger partial charge in [0.1, 0.15) is 6.23 Å². The Morgan fingerprint density at radius 2 is 2.15 bits per heavy atom. The molecule has 0 radical (unpaired) electrons. The molecule has 1 saturated carbocycles. The first-order chi connectivity index (χ1) is 9.61. The molecule has 1 heterocycles. The van der Waals surface area contributed by atoms with Crippen LogP contribution in [0.15, 0.2) is 12.2 Å². The van der Waals surface area contributed by atoms with Gasteiger partial charge in [0.2, 0.25) is 11.8 Å². The van der Waals surface area contributed by atoms with Crippen LogP contribution in [0, 0.1) is 24.2 Å². The zero-order valence-corrected chi connectivity index (χ0v) is 11.4. The predicted octanol–water partition coefficient (Wildman–Crippen LogP) is 0.259. The van der Waals surface area contributed by atoms with Gasteiger partial charge in [0.15, 0.2) is 0 Å². The number of carbonyl (C=O) groups excluding carboxylic acids is 2. The van der Waals surface area contributed by atoms with E-state index in [4.69, 9.17) is 6.42 Å². The molecule has 2 amide bonds. The minimum Gasteiger partial charge on any atom is -0.370 e. The number of hydrogen-bond donors (Lipinski definition) is 2. The Bertz CT molecular complexity index is 445. The molecule has 0 spiro atoms. The van der Waals surface area contributed by atoms with Gasteiger partial charge in [-0.3, -0.25) is 9.59 Å². The molecule has 1 atom stereocenters. The van der Waals surface area contributed by atoms with Gasteiger partial charge in [-0.25, -0.2) is 0 Å². The molecule has 2 aliphatic rings. The molecule has 5 heteroatoms. The highest BCUT2D eigenvalue weighted by atomic mass is 16.3. The Morgan fingerprint density at radius 1 is 1.45 bits per heavy atom. The van der Waals surface area contributed by atoms with Crippen LogP contribution in [0.4, 0.5) is 0 Å². The van der Waals surface area contributed by atoms with Crippen molar-refractivity contribution in [2.24, 2.45) is 11.8 Å². The Labute approximate surface area is 119 Å². The van der Waals surface area contributed by atoms with Crippen molar-refractivity contribution in [1.82, 2.24) is 10.2 Å². The molecule has 20 heavy (non-hydrogen) atoms. The summed E-state index contributed by atoms with van der Waals surface area (Å²) in [6.07, 6.45) is 10.6. The average molecular weight is 276 g/mol. The maximum atomic E-state index is 11.8. The maximum Gasteiger partial charge on any atom is 0.248 e. The van der Waals surface area contributed by atoms with Gasteiger partial charge in [0.05, 0.1) is 6.54 Å². The average Bonchev–Trinajstić information content (AvgIpc) is 2.77. The number of aliphatic hydroxyl groups excluding tert-OH is 1. The van der Waals surface area contributed by atoms with Gasteiger partial charge in [-0.05, 0) is 37.7 Å². The van der Waals surface area contributed by atoms with Crippen LogP contribution in [-0.2, 0) is 9.59 Å². The topological polar surface area (TPSA) is 69.6 Å². The van der Waals surface area contributed by atoms with Crippen LogP contribution in [0.5, 0.6) is 0 Å². The summed E-state index contributed by atoms with van der Waals surface area (Å²) >= 11 is 0. The minimum absolute atomic E-state index is 0.0249. The van der Waals surface area contributed by atoms with Crippen molar-refractivity contribution in [2.45, 2.75) is 31.9 Å². The van der Waals surface area contributed by atoms with Gasteiger partial charge in [-0.1, -0.05) is 5.92 Å². The van der Waals surface area contributed by atoms with Crippen molar-refractivity contribution in [3.8, 4) is 12.3 Å². The van der Waals surface area contributed by atoms with Crippen LogP contribution in [0.3, 0.4) is 0 Å². The van der Waals surface area contributed by atoms with E-state index in [1.54, 1.807) is 0 Å². The molecule has 2 N–H and O–H groups in total.